The zero-order valence-electron chi connectivity index (χ0n) is 16.3. The van der Waals surface area contributed by atoms with Crippen LogP contribution in [0.3, 0.4) is 0 Å². The first-order chi connectivity index (χ1) is 12.7. The van der Waals surface area contributed by atoms with Gasteiger partial charge in [-0.3, -0.25) is 0 Å². The van der Waals surface area contributed by atoms with E-state index in [1.54, 1.807) is 0 Å². The van der Waals surface area contributed by atoms with Crippen molar-refractivity contribution < 1.29 is 0 Å². The fourth-order valence-electron chi connectivity index (χ4n) is 2.90. The smallest absolute Gasteiger partial charge is 0.00914 e. The standard InChI is InChI=1S/C20H40N6/c21-9-1-11-25-13-7-19(23)15-17-3-5-18(6-4-17)16-20(24)8-14-26-12-2-10-22/h3-6,19-20,25-26H,1-2,7-16,21-24H2. The molecule has 6 nitrogen and oxygen atoms in total. The van der Waals surface area contributed by atoms with Crippen molar-refractivity contribution in [1.29, 1.82) is 0 Å². The largest absolute Gasteiger partial charge is 0.330 e. The Morgan fingerprint density at radius 1 is 0.654 bits per heavy atom. The summed E-state index contributed by atoms with van der Waals surface area (Å²) in [6.07, 6.45) is 5.82. The molecule has 0 saturated heterocycles. The molecular weight excluding hydrogens is 324 g/mol. The topological polar surface area (TPSA) is 128 Å². The average molecular weight is 365 g/mol. The third kappa shape index (κ3) is 11.6. The Hall–Kier alpha value is -1.02. The third-order valence-electron chi connectivity index (χ3n) is 4.52. The van der Waals surface area contributed by atoms with E-state index in [9.17, 15) is 0 Å². The lowest BCUT2D eigenvalue weighted by atomic mass is 9.99. The number of nitrogens with one attached hydrogen (secondary N) is 2. The molecule has 0 radical (unpaired) electrons. The van der Waals surface area contributed by atoms with Crippen LogP contribution in [0.25, 0.3) is 0 Å². The second kappa shape index (κ2) is 15.1. The van der Waals surface area contributed by atoms with Crippen molar-refractivity contribution in [3.63, 3.8) is 0 Å². The summed E-state index contributed by atoms with van der Waals surface area (Å²) < 4.78 is 0. The molecular formula is C20H40N6. The second-order valence-electron chi connectivity index (χ2n) is 7.11. The zero-order valence-corrected chi connectivity index (χ0v) is 16.3. The van der Waals surface area contributed by atoms with E-state index < -0.39 is 0 Å². The van der Waals surface area contributed by atoms with Gasteiger partial charge in [-0.1, -0.05) is 24.3 Å². The molecule has 0 aromatic heterocycles. The summed E-state index contributed by atoms with van der Waals surface area (Å²) in [4.78, 5) is 0. The summed E-state index contributed by atoms with van der Waals surface area (Å²) in [5.74, 6) is 0. The predicted octanol–water partition coefficient (Wildman–Crippen LogP) is 0.0832. The molecule has 10 N–H and O–H groups in total. The van der Waals surface area contributed by atoms with Crippen LogP contribution in [0.4, 0.5) is 0 Å². The molecule has 26 heavy (non-hydrogen) atoms. The fraction of sp³-hybridized carbons (Fsp3) is 0.700. The first-order valence-electron chi connectivity index (χ1n) is 10.1. The highest BCUT2D eigenvalue weighted by molar-refractivity contribution is 5.24. The number of hydrogen-bond acceptors (Lipinski definition) is 6. The van der Waals surface area contributed by atoms with Crippen LogP contribution in [0.2, 0.25) is 0 Å². The van der Waals surface area contributed by atoms with Crippen LogP contribution in [-0.2, 0) is 12.8 Å². The van der Waals surface area contributed by atoms with Gasteiger partial charge in [0.15, 0.2) is 0 Å². The molecule has 0 aliphatic carbocycles. The first-order valence-corrected chi connectivity index (χ1v) is 10.1. The van der Waals surface area contributed by atoms with E-state index in [-0.39, 0.29) is 12.1 Å². The molecule has 0 bridgehead atoms. The van der Waals surface area contributed by atoms with Crippen LogP contribution in [0, 0.1) is 0 Å². The molecule has 1 aromatic rings. The van der Waals surface area contributed by atoms with Crippen molar-refractivity contribution in [1.82, 2.24) is 10.6 Å². The van der Waals surface area contributed by atoms with Crippen molar-refractivity contribution in [2.75, 3.05) is 39.3 Å². The van der Waals surface area contributed by atoms with Gasteiger partial charge >= 0.3 is 0 Å². The lowest BCUT2D eigenvalue weighted by molar-refractivity contribution is 0.550. The highest BCUT2D eigenvalue weighted by Crippen LogP contribution is 2.10. The van der Waals surface area contributed by atoms with Crippen LogP contribution >= 0.6 is 0 Å². The molecule has 0 amide bonds. The SMILES string of the molecule is NCCCNCCC(N)Cc1ccc(CC(N)CCNCCCN)cc1. The maximum Gasteiger partial charge on any atom is 0.00914 e. The van der Waals surface area contributed by atoms with E-state index in [0.717, 1.165) is 77.8 Å². The molecule has 150 valence electrons. The number of hydrogen-bond donors (Lipinski definition) is 6. The number of benzene rings is 1. The van der Waals surface area contributed by atoms with Crippen molar-refractivity contribution in [2.45, 2.75) is 50.6 Å². The van der Waals surface area contributed by atoms with Crippen LogP contribution in [0.15, 0.2) is 24.3 Å². The molecule has 0 fully saturated rings. The van der Waals surface area contributed by atoms with Gasteiger partial charge in [-0.05, 0) is 88.9 Å². The van der Waals surface area contributed by atoms with Crippen molar-refractivity contribution in [3.8, 4) is 0 Å². The van der Waals surface area contributed by atoms with Gasteiger partial charge in [0.05, 0.1) is 0 Å². The second-order valence-corrected chi connectivity index (χ2v) is 7.11. The van der Waals surface area contributed by atoms with Crippen molar-refractivity contribution in [2.24, 2.45) is 22.9 Å². The van der Waals surface area contributed by atoms with E-state index in [1.807, 2.05) is 0 Å². The van der Waals surface area contributed by atoms with Crippen molar-refractivity contribution >= 4 is 0 Å². The Bertz CT molecular complexity index is 395. The van der Waals surface area contributed by atoms with Gasteiger partial charge in [0.1, 0.15) is 0 Å². The minimum Gasteiger partial charge on any atom is -0.330 e. The molecule has 2 unspecified atom stereocenters. The Labute approximate surface area is 159 Å². The van der Waals surface area contributed by atoms with Crippen LogP contribution in [0.1, 0.15) is 36.8 Å². The Kier molecular flexibility index (Phi) is 13.4. The molecule has 0 aliphatic rings. The molecule has 6 heteroatoms. The summed E-state index contributed by atoms with van der Waals surface area (Å²) in [5.41, 5.74) is 26.0. The van der Waals surface area contributed by atoms with Gasteiger partial charge in [-0.25, -0.2) is 0 Å². The van der Waals surface area contributed by atoms with E-state index in [4.69, 9.17) is 22.9 Å². The summed E-state index contributed by atoms with van der Waals surface area (Å²) in [7, 11) is 0. The molecule has 1 aromatic carbocycles. The molecule has 2 atom stereocenters. The van der Waals surface area contributed by atoms with E-state index in [1.165, 1.54) is 11.1 Å². The van der Waals surface area contributed by atoms with Crippen LogP contribution in [0.5, 0.6) is 0 Å². The maximum absolute atomic E-state index is 6.23. The Balaban J connectivity index is 2.21. The Morgan fingerprint density at radius 2 is 1.04 bits per heavy atom. The molecule has 0 aliphatic heterocycles. The quantitative estimate of drug-likeness (QED) is 0.231. The van der Waals surface area contributed by atoms with Crippen molar-refractivity contribution in [3.05, 3.63) is 35.4 Å². The van der Waals surface area contributed by atoms with Gasteiger partial charge in [0.2, 0.25) is 0 Å². The van der Waals surface area contributed by atoms with Gasteiger partial charge in [-0.15, -0.1) is 0 Å². The minimum absolute atomic E-state index is 0.188. The number of rotatable bonds is 16. The monoisotopic (exact) mass is 364 g/mol. The normalized spacial score (nSPS) is 13.7. The van der Waals surface area contributed by atoms with Gasteiger partial charge < -0.3 is 33.6 Å². The summed E-state index contributed by atoms with van der Waals surface area (Å²) in [6, 6.07) is 9.11. The van der Waals surface area contributed by atoms with E-state index in [2.05, 4.69) is 34.9 Å². The highest BCUT2D eigenvalue weighted by atomic mass is 14.9. The van der Waals surface area contributed by atoms with Gasteiger partial charge in [0, 0.05) is 12.1 Å². The fourth-order valence-corrected chi connectivity index (χ4v) is 2.90. The summed E-state index contributed by atoms with van der Waals surface area (Å²) in [5, 5.41) is 6.75. The molecule has 0 saturated carbocycles. The summed E-state index contributed by atoms with van der Waals surface area (Å²) >= 11 is 0. The average Bonchev–Trinajstić information content (AvgIpc) is 2.63. The van der Waals surface area contributed by atoms with Gasteiger partial charge in [-0.2, -0.15) is 0 Å². The van der Waals surface area contributed by atoms with E-state index in [0.29, 0.717) is 0 Å². The summed E-state index contributed by atoms with van der Waals surface area (Å²) in [6.45, 7) is 5.32. The molecule has 0 spiro atoms. The van der Waals surface area contributed by atoms with Crippen LogP contribution in [-0.4, -0.2) is 51.4 Å². The lowest BCUT2D eigenvalue weighted by Gasteiger charge is -2.14. The number of nitrogens with two attached hydrogens (primary N) is 4. The maximum atomic E-state index is 6.23. The van der Waals surface area contributed by atoms with Crippen LogP contribution < -0.4 is 33.6 Å². The highest BCUT2D eigenvalue weighted by Gasteiger charge is 2.06. The molecule has 1 rings (SSSR count). The first kappa shape index (κ1) is 23.0. The third-order valence-corrected chi connectivity index (χ3v) is 4.52. The minimum atomic E-state index is 0.188. The van der Waals surface area contributed by atoms with E-state index >= 15 is 0 Å². The lowest BCUT2D eigenvalue weighted by Crippen LogP contribution is -2.30. The van der Waals surface area contributed by atoms with Gasteiger partial charge in [0.25, 0.3) is 0 Å². The Morgan fingerprint density at radius 3 is 1.38 bits per heavy atom. The zero-order chi connectivity index (χ0) is 19.0. The predicted molar refractivity (Wildman–Crippen MR) is 112 cm³/mol. The molecule has 0 heterocycles.